The van der Waals surface area contributed by atoms with Gasteiger partial charge in [-0.05, 0) is 37.1 Å². The minimum atomic E-state index is -0.444. The highest BCUT2D eigenvalue weighted by molar-refractivity contribution is 5.98. The van der Waals surface area contributed by atoms with Crippen LogP contribution in [0.15, 0.2) is 24.3 Å². The Hall–Kier alpha value is -1.88. The van der Waals surface area contributed by atoms with E-state index in [0.717, 1.165) is 0 Å². The first kappa shape index (κ1) is 18.2. The summed E-state index contributed by atoms with van der Waals surface area (Å²) in [5.74, 6) is 0.712. The third-order valence-corrected chi connectivity index (χ3v) is 4.11. The van der Waals surface area contributed by atoms with Gasteiger partial charge in [0.25, 0.3) is 0 Å². The third-order valence-electron chi connectivity index (χ3n) is 4.11. The number of ether oxygens (including phenoxy) is 1. The van der Waals surface area contributed by atoms with Crippen LogP contribution in [-0.2, 0) is 4.79 Å². The fourth-order valence-electron chi connectivity index (χ4n) is 1.96. The molecule has 0 aliphatic carbocycles. The predicted octanol–water partition coefficient (Wildman–Crippen LogP) is 2.15. The van der Waals surface area contributed by atoms with Crippen molar-refractivity contribution in [3.8, 4) is 5.75 Å². The lowest BCUT2D eigenvalue weighted by molar-refractivity contribution is -0.123. The second-order valence-electron chi connectivity index (χ2n) is 5.98. The van der Waals surface area contributed by atoms with Gasteiger partial charge in [-0.3, -0.25) is 9.59 Å². The Labute approximate surface area is 132 Å². The van der Waals surface area contributed by atoms with Crippen molar-refractivity contribution in [3.63, 3.8) is 0 Å². The van der Waals surface area contributed by atoms with Gasteiger partial charge in [-0.1, -0.05) is 13.8 Å². The van der Waals surface area contributed by atoms with Crippen molar-refractivity contribution in [1.29, 1.82) is 0 Å². The van der Waals surface area contributed by atoms with E-state index in [9.17, 15) is 9.59 Å². The number of hydrogen-bond acceptors (Lipinski definition) is 4. The molecule has 0 spiro atoms. The van der Waals surface area contributed by atoms with Gasteiger partial charge in [-0.2, -0.15) is 0 Å². The van der Waals surface area contributed by atoms with Gasteiger partial charge in [0.1, 0.15) is 5.75 Å². The molecule has 0 aromatic heterocycles. The second-order valence-corrected chi connectivity index (χ2v) is 5.98. The van der Waals surface area contributed by atoms with Gasteiger partial charge in [-0.15, -0.1) is 0 Å². The van der Waals surface area contributed by atoms with Crippen molar-refractivity contribution in [2.24, 2.45) is 11.7 Å². The summed E-state index contributed by atoms with van der Waals surface area (Å²) in [6.07, 6.45) is 0.337. The van der Waals surface area contributed by atoms with Crippen molar-refractivity contribution in [1.82, 2.24) is 5.32 Å². The second kappa shape index (κ2) is 7.94. The number of amides is 1. The first-order valence-corrected chi connectivity index (χ1v) is 7.50. The maximum atomic E-state index is 12.1. The van der Waals surface area contributed by atoms with E-state index in [4.69, 9.17) is 10.5 Å². The Kier molecular flexibility index (Phi) is 6.56. The van der Waals surface area contributed by atoms with E-state index >= 15 is 0 Å². The van der Waals surface area contributed by atoms with Crippen LogP contribution in [0.4, 0.5) is 0 Å². The minimum Gasteiger partial charge on any atom is -0.497 e. The number of hydrogen-bond donors (Lipinski definition) is 2. The van der Waals surface area contributed by atoms with Crippen LogP contribution >= 0.6 is 0 Å². The molecule has 1 aromatic carbocycles. The van der Waals surface area contributed by atoms with Gasteiger partial charge in [0, 0.05) is 24.9 Å². The molecule has 1 atom stereocenters. The Bertz CT molecular complexity index is 511. The number of carbonyl (C=O) groups is 2. The summed E-state index contributed by atoms with van der Waals surface area (Å²) in [6, 6.07) is 6.88. The molecule has 22 heavy (non-hydrogen) atoms. The van der Waals surface area contributed by atoms with E-state index in [1.807, 2.05) is 20.8 Å². The largest absolute Gasteiger partial charge is 0.497 e. The Balaban J connectivity index is 2.54. The molecule has 0 aliphatic heterocycles. The summed E-state index contributed by atoms with van der Waals surface area (Å²) in [5, 5.41) is 2.93. The van der Waals surface area contributed by atoms with Crippen LogP contribution < -0.4 is 15.8 Å². The van der Waals surface area contributed by atoms with Crippen LogP contribution in [-0.4, -0.2) is 30.9 Å². The highest BCUT2D eigenvalue weighted by Gasteiger charge is 2.28. The Morgan fingerprint density at radius 3 is 2.27 bits per heavy atom. The topological polar surface area (TPSA) is 81.4 Å². The van der Waals surface area contributed by atoms with Crippen LogP contribution in [0.2, 0.25) is 0 Å². The summed E-state index contributed by atoms with van der Waals surface area (Å²) in [4.78, 5) is 24.1. The molecule has 3 N–H and O–H groups in total. The quantitative estimate of drug-likeness (QED) is 0.721. The zero-order chi connectivity index (χ0) is 16.8. The number of rotatable bonds is 8. The molecule has 0 heterocycles. The summed E-state index contributed by atoms with van der Waals surface area (Å²) in [7, 11) is 1.57. The van der Waals surface area contributed by atoms with Crippen molar-refractivity contribution < 1.29 is 14.3 Å². The number of benzene rings is 1. The molecule has 0 saturated carbocycles. The van der Waals surface area contributed by atoms with Crippen LogP contribution in [0, 0.1) is 5.92 Å². The number of methoxy groups -OCH3 is 1. The molecule has 1 unspecified atom stereocenters. The Morgan fingerprint density at radius 2 is 1.82 bits per heavy atom. The first-order valence-electron chi connectivity index (χ1n) is 7.50. The van der Waals surface area contributed by atoms with E-state index in [-0.39, 0.29) is 30.4 Å². The zero-order valence-corrected chi connectivity index (χ0v) is 13.8. The maximum Gasteiger partial charge on any atom is 0.220 e. The van der Waals surface area contributed by atoms with Crippen LogP contribution in [0.1, 0.15) is 44.0 Å². The Morgan fingerprint density at radius 1 is 1.23 bits per heavy atom. The van der Waals surface area contributed by atoms with E-state index in [1.165, 1.54) is 0 Å². The summed E-state index contributed by atoms with van der Waals surface area (Å²) in [5.41, 5.74) is 5.88. The molecule has 0 radical (unpaired) electrons. The third kappa shape index (κ3) is 4.84. The van der Waals surface area contributed by atoms with Crippen molar-refractivity contribution in [3.05, 3.63) is 29.8 Å². The van der Waals surface area contributed by atoms with E-state index < -0.39 is 5.54 Å². The lowest BCUT2D eigenvalue weighted by atomic mass is 9.88. The number of Topliss-reactive ketones (excluding diaryl/α,β-unsaturated/α-hetero) is 1. The summed E-state index contributed by atoms with van der Waals surface area (Å²) < 4.78 is 5.05. The first-order chi connectivity index (χ1) is 10.3. The normalized spacial score (nSPS) is 13.5. The number of ketones is 1. The van der Waals surface area contributed by atoms with Gasteiger partial charge >= 0.3 is 0 Å². The molecule has 1 rings (SSSR count). The molecule has 5 heteroatoms. The standard InChI is InChI=1S/C17H26N2O3/c1-12(2)17(3,11-18)19-16(21)10-9-15(20)13-5-7-14(22-4)8-6-13/h5-8,12H,9-11,18H2,1-4H3,(H,19,21). The molecular weight excluding hydrogens is 280 g/mol. The predicted molar refractivity (Wildman–Crippen MR) is 87.0 cm³/mol. The highest BCUT2D eigenvalue weighted by Crippen LogP contribution is 2.16. The van der Waals surface area contributed by atoms with Gasteiger partial charge in [-0.25, -0.2) is 0 Å². The maximum absolute atomic E-state index is 12.1. The molecule has 122 valence electrons. The van der Waals surface area contributed by atoms with Crippen molar-refractivity contribution >= 4 is 11.7 Å². The monoisotopic (exact) mass is 306 g/mol. The molecule has 0 fully saturated rings. The molecule has 5 nitrogen and oxygen atoms in total. The van der Waals surface area contributed by atoms with E-state index in [2.05, 4.69) is 5.32 Å². The molecule has 1 amide bonds. The minimum absolute atomic E-state index is 0.0585. The molecular formula is C17H26N2O3. The van der Waals surface area contributed by atoms with Crippen LogP contribution in [0.25, 0.3) is 0 Å². The number of nitrogens with two attached hydrogens (primary N) is 1. The van der Waals surface area contributed by atoms with Crippen molar-refractivity contribution in [2.75, 3.05) is 13.7 Å². The smallest absolute Gasteiger partial charge is 0.220 e. The SMILES string of the molecule is COc1ccc(C(=O)CCC(=O)NC(C)(CN)C(C)C)cc1. The number of nitrogens with one attached hydrogen (secondary N) is 1. The molecule has 1 aromatic rings. The van der Waals surface area contributed by atoms with Gasteiger partial charge in [0.15, 0.2) is 5.78 Å². The molecule has 0 bridgehead atoms. The molecule has 0 saturated heterocycles. The lowest BCUT2D eigenvalue weighted by Gasteiger charge is -2.33. The average molecular weight is 306 g/mol. The van der Waals surface area contributed by atoms with Crippen LogP contribution in [0.5, 0.6) is 5.75 Å². The molecule has 0 aliphatic rings. The van der Waals surface area contributed by atoms with E-state index in [1.54, 1.807) is 31.4 Å². The lowest BCUT2D eigenvalue weighted by Crippen LogP contribution is -2.55. The van der Waals surface area contributed by atoms with Crippen LogP contribution in [0.3, 0.4) is 0 Å². The van der Waals surface area contributed by atoms with Gasteiger partial charge in [0.05, 0.1) is 12.6 Å². The van der Waals surface area contributed by atoms with Crippen molar-refractivity contribution in [2.45, 2.75) is 39.2 Å². The average Bonchev–Trinajstić information content (AvgIpc) is 2.52. The summed E-state index contributed by atoms with van der Waals surface area (Å²) in [6.45, 7) is 6.30. The number of carbonyl (C=O) groups excluding carboxylic acids is 2. The van der Waals surface area contributed by atoms with Gasteiger partial charge in [0.2, 0.25) is 5.91 Å². The van der Waals surface area contributed by atoms with Gasteiger partial charge < -0.3 is 15.8 Å². The fourth-order valence-corrected chi connectivity index (χ4v) is 1.96. The zero-order valence-electron chi connectivity index (χ0n) is 13.8. The fraction of sp³-hybridized carbons (Fsp3) is 0.529. The van der Waals surface area contributed by atoms with E-state index in [0.29, 0.717) is 17.9 Å². The summed E-state index contributed by atoms with van der Waals surface area (Å²) >= 11 is 0. The highest BCUT2D eigenvalue weighted by atomic mass is 16.5.